The van der Waals surface area contributed by atoms with Crippen molar-refractivity contribution < 1.29 is 18.3 Å². The molecule has 0 aromatic heterocycles. The molecule has 0 radical (unpaired) electrons. The molecule has 0 heterocycles. The smallest absolute Gasteiger partial charge is 0.377 e. The number of hydrogen-bond donors (Lipinski definition) is 0. The summed E-state index contributed by atoms with van der Waals surface area (Å²) in [7, 11) is 1.00. The van der Waals surface area contributed by atoms with E-state index in [4.69, 9.17) is 0 Å². The highest BCUT2D eigenvalue weighted by molar-refractivity contribution is 14.1. The molecule has 2 nitrogen and oxygen atoms in total. The summed E-state index contributed by atoms with van der Waals surface area (Å²) in [5, 5.41) is 0. The number of esters is 1. The standard InChI is InChI=1S/C16H29F2IO2/c1-4-5-6-7-8-9-10-11-12-14(19)13(2)16(17,18)15(20)21-3/h13-14H,4-12H2,1-3H3. The van der Waals surface area contributed by atoms with E-state index in [1.54, 1.807) is 0 Å². The van der Waals surface area contributed by atoms with Gasteiger partial charge in [0, 0.05) is 9.84 Å². The molecule has 0 saturated heterocycles. The topological polar surface area (TPSA) is 26.3 Å². The Morgan fingerprint density at radius 1 is 1.10 bits per heavy atom. The summed E-state index contributed by atoms with van der Waals surface area (Å²) in [5.74, 6) is -5.80. The van der Waals surface area contributed by atoms with Crippen LogP contribution in [0, 0.1) is 5.92 Å². The maximum atomic E-state index is 13.7. The molecule has 126 valence electrons. The number of unbranched alkanes of at least 4 members (excludes halogenated alkanes) is 7. The second-order valence-corrected chi connectivity index (χ2v) is 7.28. The quantitative estimate of drug-likeness (QED) is 0.174. The van der Waals surface area contributed by atoms with Crippen molar-refractivity contribution in [2.45, 2.75) is 81.5 Å². The van der Waals surface area contributed by atoms with Crippen molar-refractivity contribution >= 4 is 28.6 Å². The third-order valence-corrected chi connectivity index (χ3v) is 5.61. The van der Waals surface area contributed by atoms with Gasteiger partial charge in [-0.25, -0.2) is 4.79 Å². The fraction of sp³-hybridized carbons (Fsp3) is 0.938. The second-order valence-electron chi connectivity index (χ2n) is 5.68. The van der Waals surface area contributed by atoms with Gasteiger partial charge in [-0.05, 0) is 6.42 Å². The first-order chi connectivity index (χ1) is 9.87. The first-order valence-corrected chi connectivity index (χ1v) is 9.22. The number of ether oxygens (including phenoxy) is 1. The van der Waals surface area contributed by atoms with Gasteiger partial charge in [-0.15, -0.1) is 0 Å². The number of carbonyl (C=O) groups excluding carboxylic acids is 1. The van der Waals surface area contributed by atoms with E-state index in [1.165, 1.54) is 45.4 Å². The zero-order chi connectivity index (χ0) is 16.3. The molecule has 0 aromatic carbocycles. The molecular weight excluding hydrogens is 389 g/mol. The van der Waals surface area contributed by atoms with E-state index in [0.717, 1.165) is 26.4 Å². The van der Waals surface area contributed by atoms with Gasteiger partial charge in [-0.3, -0.25) is 0 Å². The van der Waals surface area contributed by atoms with Gasteiger partial charge in [0.15, 0.2) is 0 Å². The minimum atomic E-state index is -3.39. The normalized spacial score (nSPS) is 14.8. The Morgan fingerprint density at radius 3 is 2.05 bits per heavy atom. The summed E-state index contributed by atoms with van der Waals surface area (Å²) in [6.45, 7) is 3.63. The van der Waals surface area contributed by atoms with Crippen molar-refractivity contribution in [3.05, 3.63) is 0 Å². The number of alkyl halides is 3. The minimum absolute atomic E-state index is 0.211. The zero-order valence-electron chi connectivity index (χ0n) is 13.5. The lowest BCUT2D eigenvalue weighted by Crippen LogP contribution is -2.40. The van der Waals surface area contributed by atoms with Gasteiger partial charge < -0.3 is 4.74 Å². The maximum absolute atomic E-state index is 13.7. The summed E-state index contributed by atoms with van der Waals surface area (Å²) in [5.41, 5.74) is 0. The van der Waals surface area contributed by atoms with Crippen molar-refractivity contribution in [2.24, 2.45) is 5.92 Å². The van der Waals surface area contributed by atoms with Crippen LogP contribution in [0.4, 0.5) is 8.78 Å². The fourth-order valence-corrected chi connectivity index (χ4v) is 3.16. The molecular formula is C16H29F2IO2. The highest BCUT2D eigenvalue weighted by Crippen LogP contribution is 2.34. The van der Waals surface area contributed by atoms with E-state index in [0.29, 0.717) is 0 Å². The Balaban J connectivity index is 3.83. The van der Waals surface area contributed by atoms with Crippen molar-refractivity contribution in [2.75, 3.05) is 7.11 Å². The van der Waals surface area contributed by atoms with Gasteiger partial charge in [-0.2, -0.15) is 8.78 Å². The summed E-state index contributed by atoms with van der Waals surface area (Å²) in [6.07, 6.45) is 10.3. The fourth-order valence-electron chi connectivity index (χ4n) is 2.27. The number of methoxy groups -OCH3 is 1. The Labute approximate surface area is 141 Å². The molecule has 0 fully saturated rings. The largest absolute Gasteiger partial charge is 0.465 e. The lowest BCUT2D eigenvalue weighted by molar-refractivity contribution is -0.176. The highest BCUT2D eigenvalue weighted by atomic mass is 127. The first kappa shape index (κ1) is 21.1. The van der Waals surface area contributed by atoms with Crippen LogP contribution in [0.1, 0.15) is 71.6 Å². The maximum Gasteiger partial charge on any atom is 0.377 e. The molecule has 0 bridgehead atoms. The highest BCUT2D eigenvalue weighted by Gasteiger charge is 2.48. The van der Waals surface area contributed by atoms with E-state index in [-0.39, 0.29) is 3.92 Å². The van der Waals surface area contributed by atoms with Crippen LogP contribution in [0.25, 0.3) is 0 Å². The van der Waals surface area contributed by atoms with Crippen LogP contribution in [0.15, 0.2) is 0 Å². The first-order valence-electron chi connectivity index (χ1n) is 7.98. The third kappa shape index (κ3) is 8.31. The number of halogens is 3. The number of hydrogen-bond acceptors (Lipinski definition) is 2. The van der Waals surface area contributed by atoms with Crippen LogP contribution in [0.2, 0.25) is 0 Å². The lowest BCUT2D eigenvalue weighted by atomic mass is 9.95. The van der Waals surface area contributed by atoms with E-state index >= 15 is 0 Å². The molecule has 0 rings (SSSR count). The van der Waals surface area contributed by atoms with Gasteiger partial charge >= 0.3 is 11.9 Å². The molecule has 0 saturated carbocycles. The van der Waals surface area contributed by atoms with E-state index in [1.807, 2.05) is 22.6 Å². The molecule has 0 N–H and O–H groups in total. The molecule has 0 aliphatic heterocycles. The zero-order valence-corrected chi connectivity index (χ0v) is 15.6. The molecule has 2 unspecified atom stereocenters. The Hall–Kier alpha value is 0.0600. The molecule has 2 atom stereocenters. The molecule has 0 spiro atoms. The molecule has 0 amide bonds. The van der Waals surface area contributed by atoms with Crippen molar-refractivity contribution in [1.29, 1.82) is 0 Å². The van der Waals surface area contributed by atoms with E-state index < -0.39 is 17.8 Å². The predicted molar refractivity (Wildman–Crippen MR) is 91.2 cm³/mol. The molecule has 0 aliphatic rings. The van der Waals surface area contributed by atoms with Crippen LogP contribution in [-0.2, 0) is 9.53 Å². The lowest BCUT2D eigenvalue weighted by Gasteiger charge is -2.25. The van der Waals surface area contributed by atoms with E-state index in [9.17, 15) is 13.6 Å². The van der Waals surface area contributed by atoms with Crippen molar-refractivity contribution in [3.63, 3.8) is 0 Å². The summed E-state index contributed by atoms with van der Waals surface area (Å²) in [4.78, 5) is 11.1. The Kier molecular flexibility index (Phi) is 11.6. The second kappa shape index (κ2) is 11.6. The van der Waals surface area contributed by atoms with Crippen molar-refractivity contribution in [3.8, 4) is 0 Å². The number of carbonyl (C=O) groups is 1. The minimum Gasteiger partial charge on any atom is -0.465 e. The van der Waals surface area contributed by atoms with Crippen LogP contribution < -0.4 is 0 Å². The van der Waals surface area contributed by atoms with Gasteiger partial charge in [0.1, 0.15) is 0 Å². The molecule has 0 aliphatic carbocycles. The SMILES string of the molecule is CCCCCCCCCCC(I)C(C)C(F)(F)C(=O)OC. The summed E-state index contributed by atoms with van der Waals surface area (Å²) in [6, 6.07) is 0. The number of rotatable bonds is 12. The molecule has 5 heteroatoms. The van der Waals surface area contributed by atoms with Crippen molar-refractivity contribution in [1.82, 2.24) is 0 Å². The summed E-state index contributed by atoms with van der Waals surface area (Å²) < 4.78 is 31.4. The molecule has 21 heavy (non-hydrogen) atoms. The Morgan fingerprint density at radius 2 is 1.57 bits per heavy atom. The predicted octanol–water partition coefficient (Wildman–Crippen LogP) is 5.77. The Bertz CT molecular complexity index is 285. The average Bonchev–Trinajstić information content (AvgIpc) is 2.47. The average molecular weight is 418 g/mol. The molecule has 0 aromatic rings. The van der Waals surface area contributed by atoms with Crippen LogP contribution in [0.3, 0.4) is 0 Å². The van der Waals surface area contributed by atoms with Gasteiger partial charge in [0.05, 0.1) is 7.11 Å². The van der Waals surface area contributed by atoms with E-state index in [2.05, 4.69) is 11.7 Å². The van der Waals surface area contributed by atoms with Crippen LogP contribution in [-0.4, -0.2) is 22.9 Å². The monoisotopic (exact) mass is 418 g/mol. The van der Waals surface area contributed by atoms with Gasteiger partial charge in [0.25, 0.3) is 0 Å². The van der Waals surface area contributed by atoms with Gasteiger partial charge in [-0.1, -0.05) is 87.8 Å². The summed E-state index contributed by atoms with van der Waals surface area (Å²) >= 11 is 2.03. The van der Waals surface area contributed by atoms with Crippen LogP contribution >= 0.6 is 22.6 Å². The van der Waals surface area contributed by atoms with Crippen LogP contribution in [0.5, 0.6) is 0 Å². The third-order valence-electron chi connectivity index (χ3n) is 3.91. The van der Waals surface area contributed by atoms with Gasteiger partial charge in [0.2, 0.25) is 0 Å².